The minimum atomic E-state index is -0.604. The van der Waals surface area contributed by atoms with Crippen LogP contribution in [-0.4, -0.2) is 21.6 Å². The molecule has 0 radical (unpaired) electrons. The van der Waals surface area contributed by atoms with Crippen molar-refractivity contribution in [1.29, 1.82) is 5.26 Å². The van der Waals surface area contributed by atoms with E-state index in [0.717, 1.165) is 11.6 Å². The van der Waals surface area contributed by atoms with Crippen molar-refractivity contribution in [1.82, 2.24) is 15.1 Å². The van der Waals surface area contributed by atoms with E-state index in [0.29, 0.717) is 5.56 Å². The Balaban J connectivity index is 1.47. The second-order valence-corrected chi connectivity index (χ2v) is 7.48. The maximum Gasteiger partial charge on any atom is 0.251 e. The number of nitrogens with one attached hydrogen (secondary N) is 2. The Kier molecular flexibility index (Phi) is 6.75. The molecule has 0 saturated heterocycles. The summed E-state index contributed by atoms with van der Waals surface area (Å²) < 4.78 is 15.6. The summed E-state index contributed by atoms with van der Waals surface area (Å²) in [7, 11) is 0. The van der Waals surface area contributed by atoms with Gasteiger partial charge in [-0.1, -0.05) is 48.5 Å². The minimum absolute atomic E-state index is 0.0271. The molecule has 7 nitrogen and oxygen atoms in total. The van der Waals surface area contributed by atoms with Gasteiger partial charge in [0.1, 0.15) is 11.5 Å². The van der Waals surface area contributed by atoms with Crippen molar-refractivity contribution >= 4 is 17.6 Å². The number of anilines is 1. The number of aromatic nitrogens is 2. The first-order chi connectivity index (χ1) is 16.5. The molecule has 1 aromatic heterocycles. The lowest BCUT2D eigenvalue weighted by atomic mass is 10.0. The highest BCUT2D eigenvalue weighted by Crippen LogP contribution is 2.20. The van der Waals surface area contributed by atoms with Gasteiger partial charge >= 0.3 is 0 Å². The molecule has 4 rings (SSSR count). The first kappa shape index (κ1) is 22.4. The SMILES string of the molecule is N#Cc1ccc(-n2ccc(NC(=O)CC(NC(=O)c3ccccc3)c3ccccc3)n2)c(F)c1. The Morgan fingerprint density at radius 2 is 1.71 bits per heavy atom. The van der Waals surface area contributed by atoms with Gasteiger partial charge in [-0.3, -0.25) is 9.59 Å². The third-order valence-electron chi connectivity index (χ3n) is 5.11. The molecule has 2 amide bonds. The summed E-state index contributed by atoms with van der Waals surface area (Å²) in [5.41, 5.74) is 1.63. The van der Waals surface area contributed by atoms with Crippen LogP contribution in [0.5, 0.6) is 0 Å². The molecule has 4 aromatic rings. The smallest absolute Gasteiger partial charge is 0.251 e. The van der Waals surface area contributed by atoms with E-state index in [9.17, 15) is 14.0 Å². The van der Waals surface area contributed by atoms with E-state index >= 15 is 0 Å². The lowest BCUT2D eigenvalue weighted by Gasteiger charge is -2.19. The van der Waals surface area contributed by atoms with Crippen molar-refractivity contribution in [3.05, 3.63) is 114 Å². The van der Waals surface area contributed by atoms with Gasteiger partial charge in [0.15, 0.2) is 5.82 Å². The van der Waals surface area contributed by atoms with Crippen LogP contribution in [0.3, 0.4) is 0 Å². The Morgan fingerprint density at radius 1 is 1.00 bits per heavy atom. The lowest BCUT2D eigenvalue weighted by Crippen LogP contribution is -2.31. The zero-order valence-corrected chi connectivity index (χ0v) is 18.0. The van der Waals surface area contributed by atoms with E-state index in [1.54, 1.807) is 24.3 Å². The summed E-state index contributed by atoms with van der Waals surface area (Å²) in [5.74, 6) is -1.03. The summed E-state index contributed by atoms with van der Waals surface area (Å²) in [6, 6.07) is 24.9. The number of nitrogens with zero attached hydrogens (tertiary/aromatic N) is 3. The highest BCUT2D eigenvalue weighted by atomic mass is 19.1. The second kappa shape index (κ2) is 10.2. The van der Waals surface area contributed by atoms with E-state index in [-0.39, 0.29) is 35.3 Å². The number of benzene rings is 3. The van der Waals surface area contributed by atoms with Crippen LogP contribution in [-0.2, 0) is 4.79 Å². The number of carbonyl (C=O) groups excluding carboxylic acids is 2. The fraction of sp³-hybridized carbons (Fsp3) is 0.0769. The molecule has 0 aliphatic rings. The molecule has 8 heteroatoms. The molecule has 34 heavy (non-hydrogen) atoms. The van der Waals surface area contributed by atoms with Gasteiger partial charge in [0.05, 0.1) is 24.1 Å². The van der Waals surface area contributed by atoms with Crippen LogP contribution in [0.2, 0.25) is 0 Å². The van der Waals surface area contributed by atoms with Crippen molar-refractivity contribution in [2.75, 3.05) is 5.32 Å². The van der Waals surface area contributed by atoms with Crippen molar-refractivity contribution in [3.8, 4) is 11.8 Å². The van der Waals surface area contributed by atoms with Gasteiger partial charge in [0.2, 0.25) is 5.91 Å². The van der Waals surface area contributed by atoms with Gasteiger partial charge < -0.3 is 10.6 Å². The van der Waals surface area contributed by atoms with Crippen LogP contribution >= 0.6 is 0 Å². The van der Waals surface area contributed by atoms with Crippen molar-refractivity contribution in [2.45, 2.75) is 12.5 Å². The van der Waals surface area contributed by atoms with E-state index in [1.807, 2.05) is 42.5 Å². The molecular weight excluding hydrogens is 433 g/mol. The normalized spacial score (nSPS) is 11.3. The van der Waals surface area contributed by atoms with Gasteiger partial charge in [-0.25, -0.2) is 9.07 Å². The predicted octanol–water partition coefficient (Wildman–Crippen LogP) is 4.38. The standard InChI is InChI=1S/C26H20FN5O2/c27-21-15-18(17-28)11-12-23(21)32-14-13-24(31-32)30-25(33)16-22(19-7-3-1-4-8-19)29-26(34)20-9-5-2-6-10-20/h1-15,22H,16H2,(H,29,34)(H,30,31,33). The predicted molar refractivity (Wildman–Crippen MR) is 125 cm³/mol. The number of hydrogen-bond donors (Lipinski definition) is 2. The fourth-order valence-electron chi connectivity index (χ4n) is 3.43. The van der Waals surface area contributed by atoms with Crippen molar-refractivity contribution in [3.63, 3.8) is 0 Å². The summed E-state index contributed by atoms with van der Waals surface area (Å²) in [6.07, 6.45) is 1.48. The molecule has 0 aliphatic carbocycles. The third kappa shape index (κ3) is 5.34. The van der Waals surface area contributed by atoms with Crippen LogP contribution in [0.15, 0.2) is 91.1 Å². The minimum Gasteiger partial charge on any atom is -0.345 e. The van der Waals surface area contributed by atoms with Crippen LogP contribution in [0.25, 0.3) is 5.69 Å². The number of halogens is 1. The van der Waals surface area contributed by atoms with Crippen molar-refractivity contribution in [2.24, 2.45) is 0 Å². The van der Waals surface area contributed by atoms with Gasteiger partial charge in [-0.05, 0) is 35.9 Å². The average Bonchev–Trinajstić information content (AvgIpc) is 3.32. The van der Waals surface area contributed by atoms with Crippen LogP contribution in [0, 0.1) is 17.1 Å². The number of hydrogen-bond acceptors (Lipinski definition) is 4. The molecule has 0 fully saturated rings. The van der Waals surface area contributed by atoms with Crippen LogP contribution in [0.4, 0.5) is 10.2 Å². The summed E-state index contributed by atoms with van der Waals surface area (Å²) in [4.78, 5) is 25.5. The monoisotopic (exact) mass is 453 g/mol. The number of carbonyl (C=O) groups is 2. The first-order valence-electron chi connectivity index (χ1n) is 10.5. The fourth-order valence-corrected chi connectivity index (χ4v) is 3.43. The Bertz CT molecular complexity index is 1350. The average molecular weight is 453 g/mol. The summed E-state index contributed by atoms with van der Waals surface area (Å²) in [6.45, 7) is 0. The van der Waals surface area contributed by atoms with Crippen LogP contribution < -0.4 is 10.6 Å². The number of rotatable bonds is 7. The zero-order chi connectivity index (χ0) is 23.9. The molecule has 0 saturated carbocycles. The molecule has 168 valence electrons. The third-order valence-corrected chi connectivity index (χ3v) is 5.11. The van der Waals surface area contributed by atoms with Gasteiger partial charge in [-0.2, -0.15) is 5.26 Å². The summed E-state index contributed by atoms with van der Waals surface area (Å²) >= 11 is 0. The Morgan fingerprint density at radius 3 is 2.38 bits per heavy atom. The van der Waals surface area contributed by atoms with Gasteiger partial charge in [0, 0.05) is 17.8 Å². The van der Waals surface area contributed by atoms with Gasteiger partial charge in [-0.15, -0.1) is 5.10 Å². The van der Waals surface area contributed by atoms with E-state index < -0.39 is 11.9 Å². The molecule has 1 unspecified atom stereocenters. The van der Waals surface area contributed by atoms with E-state index in [4.69, 9.17) is 5.26 Å². The number of nitriles is 1. The highest BCUT2D eigenvalue weighted by Gasteiger charge is 2.20. The summed E-state index contributed by atoms with van der Waals surface area (Å²) in [5, 5.41) is 18.7. The van der Waals surface area contributed by atoms with Crippen molar-refractivity contribution < 1.29 is 14.0 Å². The van der Waals surface area contributed by atoms with Gasteiger partial charge in [0.25, 0.3) is 5.91 Å². The Labute approximate surface area is 195 Å². The molecule has 1 atom stereocenters. The highest BCUT2D eigenvalue weighted by molar-refractivity contribution is 5.95. The maximum absolute atomic E-state index is 14.3. The molecule has 2 N–H and O–H groups in total. The van der Waals surface area contributed by atoms with Crippen LogP contribution in [0.1, 0.15) is 33.9 Å². The second-order valence-electron chi connectivity index (χ2n) is 7.48. The zero-order valence-electron chi connectivity index (χ0n) is 18.0. The molecule has 0 bridgehead atoms. The topological polar surface area (TPSA) is 99.8 Å². The largest absolute Gasteiger partial charge is 0.345 e. The maximum atomic E-state index is 14.3. The first-order valence-corrected chi connectivity index (χ1v) is 10.5. The molecular formula is C26H20FN5O2. The molecule has 3 aromatic carbocycles. The number of amides is 2. The molecule has 0 spiro atoms. The molecule has 0 aliphatic heterocycles. The van der Waals surface area contributed by atoms with E-state index in [1.165, 1.54) is 29.1 Å². The van der Waals surface area contributed by atoms with E-state index in [2.05, 4.69) is 15.7 Å². The molecule has 1 heterocycles. The Hall–Kier alpha value is -4.77. The lowest BCUT2D eigenvalue weighted by molar-refractivity contribution is -0.116. The quantitative estimate of drug-likeness (QED) is 0.434.